The molecule has 1 atom stereocenters. The molecule has 5 heteroatoms. The van der Waals surface area contributed by atoms with Crippen LogP contribution in [0.2, 0.25) is 0 Å². The van der Waals surface area contributed by atoms with Gasteiger partial charge >= 0.3 is 0 Å². The molecule has 1 unspecified atom stereocenters. The van der Waals surface area contributed by atoms with Gasteiger partial charge in [0.25, 0.3) is 0 Å². The number of hydrogen-bond acceptors (Lipinski definition) is 5. The van der Waals surface area contributed by atoms with E-state index in [2.05, 4.69) is 109 Å². The molecule has 2 rings (SSSR count). The van der Waals surface area contributed by atoms with Crippen LogP contribution in [0.25, 0.3) is 0 Å². The maximum atomic E-state index is 6.44. The molecule has 0 radical (unpaired) electrons. The van der Waals surface area contributed by atoms with E-state index in [1.807, 2.05) is 0 Å². The van der Waals surface area contributed by atoms with Gasteiger partial charge in [-0.05, 0) is 95.2 Å². The summed E-state index contributed by atoms with van der Waals surface area (Å²) in [5.74, 6) is 0. The highest BCUT2D eigenvalue weighted by molar-refractivity contribution is 5.23. The fourth-order valence-electron chi connectivity index (χ4n) is 7.39. The largest absolute Gasteiger partial charge is 0.379 e. The number of hydrogen-bond donors (Lipinski definition) is 1. The zero-order valence-electron chi connectivity index (χ0n) is 37.8. The van der Waals surface area contributed by atoms with Crippen molar-refractivity contribution in [3.63, 3.8) is 0 Å². The monoisotopic (exact) mass is 790 g/mol. The molecule has 1 aromatic rings. The molecule has 326 valence electrons. The molecule has 0 bridgehead atoms. The van der Waals surface area contributed by atoms with E-state index in [-0.39, 0.29) is 6.10 Å². The first-order chi connectivity index (χ1) is 28.2. The Bertz CT molecular complexity index is 1120. The number of nitrogens with one attached hydrogen (secondary N) is 1. The molecule has 1 heterocycles. The summed E-state index contributed by atoms with van der Waals surface area (Å²) in [6, 6.07) is 9.14. The summed E-state index contributed by atoms with van der Waals surface area (Å²) in [5.41, 5.74) is 2.77. The Hall–Kier alpha value is -2.02. The van der Waals surface area contributed by atoms with Gasteiger partial charge in [-0.2, -0.15) is 0 Å². The molecule has 0 aromatic heterocycles. The lowest BCUT2D eigenvalue weighted by molar-refractivity contribution is -0.0177. The van der Waals surface area contributed by atoms with Gasteiger partial charge in [-0.3, -0.25) is 4.90 Å². The van der Waals surface area contributed by atoms with Gasteiger partial charge in [0.2, 0.25) is 0 Å². The number of ether oxygens (including phenoxy) is 2. The average Bonchev–Trinajstić information content (AvgIpc) is 3.22. The minimum absolute atomic E-state index is 0.0982. The molecule has 1 aliphatic heterocycles. The lowest BCUT2D eigenvalue weighted by Gasteiger charge is -2.32. The van der Waals surface area contributed by atoms with E-state index in [1.165, 1.54) is 140 Å². The molecule has 1 aromatic carbocycles. The van der Waals surface area contributed by atoms with Gasteiger partial charge in [-0.15, -0.1) is 0 Å². The van der Waals surface area contributed by atoms with Crippen LogP contribution >= 0.6 is 0 Å². The Morgan fingerprint density at radius 2 is 1.07 bits per heavy atom. The van der Waals surface area contributed by atoms with Crippen LogP contribution in [-0.4, -0.2) is 75.5 Å². The van der Waals surface area contributed by atoms with E-state index in [0.717, 1.165) is 84.7 Å². The minimum Gasteiger partial charge on any atom is -0.379 e. The first-order valence-electron chi connectivity index (χ1n) is 24.2. The molecule has 0 spiro atoms. The van der Waals surface area contributed by atoms with Gasteiger partial charge in [0.05, 0.1) is 12.7 Å². The molecule has 1 fully saturated rings. The van der Waals surface area contributed by atoms with Crippen LogP contribution in [0.4, 0.5) is 0 Å². The van der Waals surface area contributed by atoms with E-state index in [1.54, 1.807) is 0 Å². The second-order valence-electron chi connectivity index (χ2n) is 16.8. The summed E-state index contributed by atoms with van der Waals surface area (Å²) >= 11 is 0. The highest BCUT2D eigenvalue weighted by Crippen LogP contribution is 2.13. The number of rotatable bonds is 39. The quantitative estimate of drug-likeness (QED) is 0.0531. The predicted octanol–water partition coefficient (Wildman–Crippen LogP) is 13.6. The van der Waals surface area contributed by atoms with Crippen molar-refractivity contribution in [2.45, 2.75) is 187 Å². The standard InChI is InChI=1S/C52H91N3O2/c1-4-6-8-10-12-14-16-18-20-22-24-26-28-30-32-34-43-56-49-52(47-53-46-50-37-36-38-51(45-50)48-55-41-39-54(3)40-42-55)57-44-35-33-31-29-27-25-23-21-19-17-15-13-11-9-7-5-2/h12-15,18-21,36-38,45,52-53H,4-11,16-17,22-35,39-44,46-49H2,1-3H3/b14-12-,15-13-,20-18-,21-19-. The number of piperazine rings is 1. The third kappa shape index (κ3) is 32.5. The molecule has 5 nitrogen and oxygen atoms in total. The highest BCUT2D eigenvalue weighted by atomic mass is 16.5. The smallest absolute Gasteiger partial charge is 0.0932 e. The molecule has 1 saturated heterocycles. The summed E-state index contributed by atoms with van der Waals surface area (Å²) in [6.45, 7) is 14.3. The molecule has 0 saturated carbocycles. The van der Waals surface area contributed by atoms with Crippen molar-refractivity contribution in [2.24, 2.45) is 0 Å². The van der Waals surface area contributed by atoms with Gasteiger partial charge in [0, 0.05) is 59.0 Å². The lowest BCUT2D eigenvalue weighted by atomic mass is 10.1. The third-order valence-corrected chi connectivity index (χ3v) is 11.2. The third-order valence-electron chi connectivity index (χ3n) is 11.2. The van der Waals surface area contributed by atoms with Crippen LogP contribution < -0.4 is 5.32 Å². The molecular formula is C52H91N3O2. The number of benzene rings is 1. The van der Waals surface area contributed by atoms with Crippen molar-refractivity contribution >= 4 is 0 Å². The molecule has 0 aliphatic carbocycles. The second-order valence-corrected chi connectivity index (χ2v) is 16.8. The summed E-state index contributed by atoms with van der Waals surface area (Å²) in [7, 11) is 2.22. The summed E-state index contributed by atoms with van der Waals surface area (Å²) in [5, 5.41) is 3.71. The Kier molecular flexibility index (Phi) is 35.4. The molecule has 0 amide bonds. The van der Waals surface area contributed by atoms with Gasteiger partial charge in [-0.25, -0.2) is 0 Å². The van der Waals surface area contributed by atoms with Gasteiger partial charge < -0.3 is 19.7 Å². The lowest BCUT2D eigenvalue weighted by Crippen LogP contribution is -2.43. The highest BCUT2D eigenvalue weighted by Gasteiger charge is 2.14. The van der Waals surface area contributed by atoms with E-state index in [0.29, 0.717) is 6.61 Å². The Balaban J connectivity index is 1.59. The number of likely N-dealkylation sites (N-methyl/N-ethyl adjacent to an activating group) is 1. The maximum absolute atomic E-state index is 6.44. The van der Waals surface area contributed by atoms with Crippen molar-refractivity contribution in [2.75, 3.05) is 59.6 Å². The molecule has 1 aliphatic rings. The number of allylic oxidation sites excluding steroid dienone is 8. The van der Waals surface area contributed by atoms with E-state index in [4.69, 9.17) is 9.47 Å². The van der Waals surface area contributed by atoms with Crippen molar-refractivity contribution in [3.05, 3.63) is 84.0 Å². The zero-order valence-corrected chi connectivity index (χ0v) is 37.8. The summed E-state index contributed by atoms with van der Waals surface area (Å²) < 4.78 is 12.7. The first-order valence-corrected chi connectivity index (χ1v) is 24.2. The van der Waals surface area contributed by atoms with E-state index in [9.17, 15) is 0 Å². The van der Waals surface area contributed by atoms with Crippen LogP contribution in [0.15, 0.2) is 72.9 Å². The summed E-state index contributed by atoms with van der Waals surface area (Å²) in [4.78, 5) is 5.00. The Labute approximate surface area is 354 Å². The van der Waals surface area contributed by atoms with Gasteiger partial charge in [-0.1, -0.05) is 164 Å². The topological polar surface area (TPSA) is 37.0 Å². The molecular weight excluding hydrogens is 699 g/mol. The van der Waals surface area contributed by atoms with Crippen LogP contribution in [0.5, 0.6) is 0 Å². The van der Waals surface area contributed by atoms with E-state index >= 15 is 0 Å². The second kappa shape index (κ2) is 39.4. The number of unbranched alkanes of at least 4 members (excludes halogenated alkanes) is 18. The van der Waals surface area contributed by atoms with Crippen LogP contribution in [0.3, 0.4) is 0 Å². The van der Waals surface area contributed by atoms with E-state index < -0.39 is 0 Å². The zero-order chi connectivity index (χ0) is 40.5. The summed E-state index contributed by atoms with van der Waals surface area (Å²) in [6.07, 6.45) is 49.4. The fourth-order valence-corrected chi connectivity index (χ4v) is 7.39. The van der Waals surface area contributed by atoms with Crippen LogP contribution in [0, 0.1) is 0 Å². The minimum atomic E-state index is 0.0982. The Morgan fingerprint density at radius 1 is 0.579 bits per heavy atom. The van der Waals surface area contributed by atoms with Gasteiger partial charge in [0.15, 0.2) is 0 Å². The molecule has 1 N–H and O–H groups in total. The first kappa shape index (κ1) is 51.1. The molecule has 57 heavy (non-hydrogen) atoms. The van der Waals surface area contributed by atoms with Crippen molar-refractivity contribution in [1.82, 2.24) is 15.1 Å². The van der Waals surface area contributed by atoms with Crippen LogP contribution in [0.1, 0.15) is 179 Å². The SMILES string of the molecule is CCCCC/C=C\C/C=C\CCCCCCCCOCC(CNCc1cccc(CN2CCN(C)CC2)c1)OCCCCCCCC/C=C\C/C=C\CCCCC. The van der Waals surface area contributed by atoms with Crippen molar-refractivity contribution in [3.8, 4) is 0 Å². The normalized spacial score (nSPS) is 15.1. The fraction of sp³-hybridized carbons (Fsp3) is 0.731. The maximum Gasteiger partial charge on any atom is 0.0932 e. The predicted molar refractivity (Wildman–Crippen MR) is 250 cm³/mol. The van der Waals surface area contributed by atoms with Crippen molar-refractivity contribution in [1.29, 1.82) is 0 Å². The van der Waals surface area contributed by atoms with Crippen LogP contribution in [-0.2, 0) is 22.6 Å². The Morgan fingerprint density at radius 3 is 1.63 bits per heavy atom. The average molecular weight is 790 g/mol. The number of nitrogens with zero attached hydrogens (tertiary/aromatic N) is 2. The van der Waals surface area contributed by atoms with Gasteiger partial charge in [0.1, 0.15) is 0 Å². The van der Waals surface area contributed by atoms with Crippen molar-refractivity contribution < 1.29 is 9.47 Å².